The van der Waals surface area contributed by atoms with E-state index in [2.05, 4.69) is 20.8 Å². The predicted molar refractivity (Wildman–Crippen MR) is 115 cm³/mol. The molecule has 1 atom stereocenters. The first-order valence-corrected chi connectivity index (χ1v) is 10.3. The quantitative estimate of drug-likeness (QED) is 0.622. The molecule has 0 spiro atoms. The highest BCUT2D eigenvalue weighted by Crippen LogP contribution is 2.19. The number of hydrogen-bond donors (Lipinski definition) is 2. The van der Waals surface area contributed by atoms with Crippen LogP contribution in [-0.2, 0) is 11.2 Å². The number of nitrogens with zero attached hydrogens (tertiary/aromatic N) is 2. The van der Waals surface area contributed by atoms with Gasteiger partial charge in [-0.15, -0.1) is 10.2 Å². The average molecular weight is 409 g/mol. The summed E-state index contributed by atoms with van der Waals surface area (Å²) in [6.45, 7) is 5.70. The van der Waals surface area contributed by atoms with Crippen molar-refractivity contribution in [1.82, 2.24) is 15.5 Å². The van der Waals surface area contributed by atoms with Gasteiger partial charge in [-0.3, -0.25) is 14.9 Å². The van der Waals surface area contributed by atoms with Crippen LogP contribution in [0, 0.1) is 12.8 Å². The highest BCUT2D eigenvalue weighted by atomic mass is 32.1. The highest BCUT2D eigenvalue weighted by molar-refractivity contribution is 7.15. The smallest absolute Gasteiger partial charge is 0.251 e. The van der Waals surface area contributed by atoms with E-state index in [1.165, 1.54) is 11.3 Å². The van der Waals surface area contributed by atoms with E-state index in [0.717, 1.165) is 16.1 Å². The minimum absolute atomic E-state index is 0.0829. The molecule has 0 fully saturated rings. The number of nitrogens with one attached hydrogen (secondary N) is 2. The highest BCUT2D eigenvalue weighted by Gasteiger charge is 2.25. The molecule has 0 aliphatic rings. The third kappa shape index (κ3) is 5.71. The molecule has 0 saturated heterocycles. The van der Waals surface area contributed by atoms with Gasteiger partial charge in [-0.25, -0.2) is 0 Å². The fourth-order valence-electron chi connectivity index (χ4n) is 2.88. The molecule has 0 aliphatic carbocycles. The van der Waals surface area contributed by atoms with E-state index >= 15 is 0 Å². The molecule has 0 radical (unpaired) electrons. The Kier molecular flexibility index (Phi) is 6.72. The second kappa shape index (κ2) is 9.43. The molecule has 1 aromatic heterocycles. The van der Waals surface area contributed by atoms with Gasteiger partial charge in [0.05, 0.1) is 0 Å². The Labute approximate surface area is 174 Å². The Morgan fingerprint density at radius 2 is 1.79 bits per heavy atom. The lowest BCUT2D eigenvalue weighted by atomic mass is 10.0. The largest absolute Gasteiger partial charge is 0.340 e. The maximum atomic E-state index is 12.8. The Morgan fingerprint density at radius 1 is 1.03 bits per heavy atom. The summed E-state index contributed by atoms with van der Waals surface area (Å²) in [5, 5.41) is 15.1. The van der Waals surface area contributed by atoms with E-state index in [9.17, 15) is 9.59 Å². The van der Waals surface area contributed by atoms with Crippen molar-refractivity contribution in [2.24, 2.45) is 5.92 Å². The van der Waals surface area contributed by atoms with Crippen LogP contribution >= 0.6 is 11.3 Å². The molecule has 1 heterocycles. The fourth-order valence-corrected chi connectivity index (χ4v) is 3.65. The standard InChI is InChI=1S/C22H24N4O2S/c1-14(2)19(23-20(27)17-11-7-8-15(3)12-17)21(28)24-22-26-25-18(29-22)13-16-9-5-4-6-10-16/h4-12,14,19H,13H2,1-3H3,(H,23,27)(H,24,26,28)/t19-/m0/s1. The summed E-state index contributed by atoms with van der Waals surface area (Å²) in [5.41, 5.74) is 2.65. The fraction of sp³-hybridized carbons (Fsp3) is 0.273. The van der Waals surface area contributed by atoms with Gasteiger partial charge in [0.2, 0.25) is 11.0 Å². The van der Waals surface area contributed by atoms with Crippen LogP contribution in [0.2, 0.25) is 0 Å². The number of rotatable bonds is 7. The molecule has 6 nitrogen and oxygen atoms in total. The number of benzene rings is 2. The summed E-state index contributed by atoms with van der Waals surface area (Å²) in [7, 11) is 0. The molecule has 29 heavy (non-hydrogen) atoms. The van der Waals surface area contributed by atoms with Gasteiger partial charge < -0.3 is 5.32 Å². The van der Waals surface area contributed by atoms with Gasteiger partial charge in [0, 0.05) is 12.0 Å². The van der Waals surface area contributed by atoms with Gasteiger partial charge in [-0.1, -0.05) is 73.2 Å². The minimum Gasteiger partial charge on any atom is -0.340 e. The van der Waals surface area contributed by atoms with Gasteiger partial charge in [0.1, 0.15) is 11.0 Å². The van der Waals surface area contributed by atoms with Crippen molar-refractivity contribution in [3.63, 3.8) is 0 Å². The number of aryl methyl sites for hydroxylation is 1. The molecule has 2 N–H and O–H groups in total. The van der Waals surface area contributed by atoms with Gasteiger partial charge in [0.15, 0.2) is 0 Å². The predicted octanol–water partition coefficient (Wildman–Crippen LogP) is 3.83. The van der Waals surface area contributed by atoms with Crippen molar-refractivity contribution in [2.45, 2.75) is 33.2 Å². The van der Waals surface area contributed by atoms with Crippen molar-refractivity contribution in [3.05, 3.63) is 76.3 Å². The summed E-state index contributed by atoms with van der Waals surface area (Å²) in [6.07, 6.45) is 0.659. The first-order chi connectivity index (χ1) is 13.9. The minimum atomic E-state index is -0.676. The first kappa shape index (κ1) is 20.7. The third-order valence-electron chi connectivity index (χ3n) is 4.41. The van der Waals surface area contributed by atoms with Crippen molar-refractivity contribution < 1.29 is 9.59 Å². The Morgan fingerprint density at radius 3 is 2.48 bits per heavy atom. The summed E-state index contributed by atoms with van der Waals surface area (Å²) < 4.78 is 0. The number of hydrogen-bond acceptors (Lipinski definition) is 5. The van der Waals surface area contributed by atoms with E-state index in [4.69, 9.17) is 0 Å². The lowest BCUT2D eigenvalue weighted by Gasteiger charge is -2.21. The number of anilines is 1. The van der Waals surface area contributed by atoms with Crippen molar-refractivity contribution in [2.75, 3.05) is 5.32 Å². The van der Waals surface area contributed by atoms with Crippen LogP contribution in [-0.4, -0.2) is 28.1 Å². The molecule has 0 unspecified atom stereocenters. The van der Waals surface area contributed by atoms with Gasteiger partial charge >= 0.3 is 0 Å². The molecule has 0 bridgehead atoms. The molecule has 3 rings (SSSR count). The normalized spacial score (nSPS) is 11.9. The zero-order chi connectivity index (χ0) is 20.8. The molecule has 7 heteroatoms. The van der Waals surface area contributed by atoms with Crippen molar-refractivity contribution in [3.8, 4) is 0 Å². The molecule has 3 aromatic rings. The average Bonchev–Trinajstić information content (AvgIpc) is 3.13. The van der Waals surface area contributed by atoms with Crippen LogP contribution in [0.1, 0.15) is 40.3 Å². The Bertz CT molecular complexity index is 985. The first-order valence-electron chi connectivity index (χ1n) is 9.47. The van der Waals surface area contributed by atoms with Crippen molar-refractivity contribution in [1.29, 1.82) is 0 Å². The molecular weight excluding hydrogens is 384 g/mol. The molecular formula is C22H24N4O2S. The lowest BCUT2D eigenvalue weighted by molar-refractivity contribution is -0.118. The summed E-state index contributed by atoms with van der Waals surface area (Å²) >= 11 is 1.34. The summed E-state index contributed by atoms with van der Waals surface area (Å²) in [5.74, 6) is -0.659. The van der Waals surface area contributed by atoms with Crippen LogP contribution in [0.3, 0.4) is 0 Å². The molecule has 2 amide bonds. The van der Waals surface area contributed by atoms with Crippen LogP contribution in [0.5, 0.6) is 0 Å². The molecule has 0 saturated carbocycles. The maximum Gasteiger partial charge on any atom is 0.251 e. The monoisotopic (exact) mass is 408 g/mol. The molecule has 2 aromatic carbocycles. The number of amides is 2. The Balaban J connectivity index is 1.64. The van der Waals surface area contributed by atoms with E-state index < -0.39 is 6.04 Å². The lowest BCUT2D eigenvalue weighted by Crippen LogP contribution is -2.47. The Hall–Kier alpha value is -3.06. The summed E-state index contributed by atoms with van der Waals surface area (Å²) in [6, 6.07) is 16.6. The van der Waals surface area contributed by atoms with E-state index in [-0.39, 0.29) is 17.7 Å². The second-order valence-corrected chi connectivity index (χ2v) is 8.28. The SMILES string of the molecule is Cc1cccc(C(=O)N[C@H](C(=O)Nc2nnc(Cc3ccccc3)s2)C(C)C)c1. The van der Waals surface area contributed by atoms with Crippen LogP contribution in [0.15, 0.2) is 54.6 Å². The third-order valence-corrected chi connectivity index (χ3v) is 5.25. The van der Waals surface area contributed by atoms with E-state index in [0.29, 0.717) is 17.1 Å². The van der Waals surface area contributed by atoms with Crippen LogP contribution in [0.25, 0.3) is 0 Å². The van der Waals surface area contributed by atoms with Gasteiger partial charge in [-0.2, -0.15) is 0 Å². The van der Waals surface area contributed by atoms with Crippen LogP contribution in [0.4, 0.5) is 5.13 Å². The second-order valence-electron chi connectivity index (χ2n) is 7.22. The van der Waals surface area contributed by atoms with E-state index in [1.54, 1.807) is 12.1 Å². The van der Waals surface area contributed by atoms with Gasteiger partial charge in [-0.05, 0) is 30.5 Å². The van der Waals surface area contributed by atoms with E-state index in [1.807, 2.05) is 63.2 Å². The molecule has 0 aliphatic heterocycles. The molecule has 150 valence electrons. The van der Waals surface area contributed by atoms with Gasteiger partial charge in [0.25, 0.3) is 5.91 Å². The van der Waals surface area contributed by atoms with Crippen LogP contribution < -0.4 is 10.6 Å². The van der Waals surface area contributed by atoms with Crippen molar-refractivity contribution >= 4 is 28.3 Å². The number of carbonyl (C=O) groups excluding carboxylic acids is 2. The maximum absolute atomic E-state index is 12.8. The summed E-state index contributed by atoms with van der Waals surface area (Å²) in [4.78, 5) is 25.3. The zero-order valence-electron chi connectivity index (χ0n) is 16.7. The zero-order valence-corrected chi connectivity index (χ0v) is 17.5. The number of aromatic nitrogens is 2. The number of carbonyl (C=O) groups is 2. The topological polar surface area (TPSA) is 84.0 Å².